The van der Waals surface area contributed by atoms with Crippen molar-refractivity contribution in [3.05, 3.63) is 60.9 Å². The fourth-order valence-corrected chi connectivity index (χ4v) is 1.37. The van der Waals surface area contributed by atoms with Crippen LogP contribution in [0.25, 0.3) is 11.4 Å². The molecule has 0 fully saturated rings. The van der Waals surface area contributed by atoms with Crippen LogP contribution < -0.4 is 0 Å². The number of nitrogens with zero attached hydrogens (tertiary/aromatic N) is 2. The van der Waals surface area contributed by atoms with Crippen LogP contribution in [0.1, 0.15) is 5.69 Å². The van der Waals surface area contributed by atoms with Crippen molar-refractivity contribution in [3.8, 4) is 11.4 Å². The SMILES string of the molecule is Cc1c[nH]c(-c2ccccc2)n1.c1c[nH]cn1. The van der Waals surface area contributed by atoms with E-state index >= 15 is 0 Å². The number of imidazole rings is 2. The van der Waals surface area contributed by atoms with Crippen molar-refractivity contribution in [2.45, 2.75) is 6.92 Å². The van der Waals surface area contributed by atoms with Gasteiger partial charge < -0.3 is 9.97 Å². The first-order valence-corrected chi connectivity index (χ1v) is 5.36. The second kappa shape index (κ2) is 5.65. The van der Waals surface area contributed by atoms with Gasteiger partial charge in [0.15, 0.2) is 0 Å². The van der Waals surface area contributed by atoms with Gasteiger partial charge in [-0.1, -0.05) is 30.3 Å². The Hall–Kier alpha value is -2.36. The van der Waals surface area contributed by atoms with Gasteiger partial charge in [0, 0.05) is 24.2 Å². The topological polar surface area (TPSA) is 57.4 Å². The zero-order chi connectivity index (χ0) is 11.9. The van der Waals surface area contributed by atoms with Gasteiger partial charge in [-0.3, -0.25) is 0 Å². The third-order valence-corrected chi connectivity index (χ3v) is 2.16. The highest BCUT2D eigenvalue weighted by molar-refractivity contribution is 5.54. The van der Waals surface area contributed by atoms with E-state index in [1.807, 2.05) is 43.5 Å². The van der Waals surface area contributed by atoms with Crippen molar-refractivity contribution in [2.24, 2.45) is 0 Å². The number of aromatic amines is 2. The molecule has 0 aliphatic rings. The number of aromatic nitrogens is 4. The summed E-state index contributed by atoms with van der Waals surface area (Å²) >= 11 is 0. The van der Waals surface area contributed by atoms with Crippen molar-refractivity contribution in [1.29, 1.82) is 0 Å². The Bertz CT molecular complexity index is 508. The van der Waals surface area contributed by atoms with Gasteiger partial charge in [-0.15, -0.1) is 0 Å². The second-order valence-electron chi connectivity index (χ2n) is 3.52. The molecular formula is C13H14N4. The molecule has 0 saturated heterocycles. The molecule has 0 aliphatic carbocycles. The molecule has 0 bridgehead atoms. The molecule has 86 valence electrons. The maximum Gasteiger partial charge on any atom is 0.137 e. The Morgan fingerprint density at radius 2 is 1.94 bits per heavy atom. The van der Waals surface area contributed by atoms with Gasteiger partial charge >= 0.3 is 0 Å². The van der Waals surface area contributed by atoms with Crippen molar-refractivity contribution in [1.82, 2.24) is 19.9 Å². The number of hydrogen-bond donors (Lipinski definition) is 2. The van der Waals surface area contributed by atoms with Gasteiger partial charge in [0.25, 0.3) is 0 Å². The molecule has 2 heterocycles. The van der Waals surface area contributed by atoms with Crippen LogP contribution in [0, 0.1) is 6.92 Å². The first-order chi connectivity index (χ1) is 8.36. The van der Waals surface area contributed by atoms with Crippen LogP contribution in [0.15, 0.2) is 55.2 Å². The standard InChI is InChI=1S/C10H10N2.C3H4N2/c1-8-7-11-10(12-8)9-5-3-2-4-6-9;1-2-5-3-4-1/h2-7H,1H3,(H,11,12);1-3H,(H,4,5). The van der Waals surface area contributed by atoms with Gasteiger partial charge in [0.05, 0.1) is 12.0 Å². The minimum absolute atomic E-state index is 0.938. The normalized spacial score (nSPS) is 9.47. The number of benzene rings is 1. The van der Waals surface area contributed by atoms with E-state index in [1.165, 1.54) is 0 Å². The summed E-state index contributed by atoms with van der Waals surface area (Å²) in [4.78, 5) is 13.9. The number of nitrogens with one attached hydrogen (secondary N) is 2. The molecule has 3 rings (SSSR count). The highest BCUT2D eigenvalue weighted by atomic mass is 14.9. The predicted molar refractivity (Wildman–Crippen MR) is 67.3 cm³/mol. The Labute approximate surface area is 99.8 Å². The summed E-state index contributed by atoms with van der Waals surface area (Å²) in [5, 5.41) is 0. The fourth-order valence-electron chi connectivity index (χ4n) is 1.37. The Morgan fingerprint density at radius 3 is 2.41 bits per heavy atom. The summed E-state index contributed by atoms with van der Waals surface area (Å²) in [6.07, 6.45) is 6.99. The van der Waals surface area contributed by atoms with E-state index in [4.69, 9.17) is 0 Å². The quantitative estimate of drug-likeness (QED) is 0.670. The minimum atomic E-state index is 0.938. The molecule has 0 aliphatic heterocycles. The second-order valence-corrected chi connectivity index (χ2v) is 3.52. The molecule has 0 unspecified atom stereocenters. The summed E-state index contributed by atoms with van der Waals surface area (Å²) in [5.74, 6) is 0.938. The van der Waals surface area contributed by atoms with Gasteiger partial charge in [0.2, 0.25) is 0 Å². The molecule has 0 amide bonds. The van der Waals surface area contributed by atoms with Gasteiger partial charge in [0.1, 0.15) is 5.82 Å². The molecular weight excluding hydrogens is 212 g/mol. The van der Waals surface area contributed by atoms with Crippen molar-refractivity contribution in [3.63, 3.8) is 0 Å². The maximum absolute atomic E-state index is 4.33. The third-order valence-electron chi connectivity index (χ3n) is 2.16. The minimum Gasteiger partial charge on any atom is -0.351 e. The van der Waals surface area contributed by atoms with Crippen LogP contribution in [-0.4, -0.2) is 19.9 Å². The van der Waals surface area contributed by atoms with Crippen molar-refractivity contribution >= 4 is 0 Å². The monoisotopic (exact) mass is 226 g/mol. The summed E-state index contributed by atoms with van der Waals surface area (Å²) < 4.78 is 0. The van der Waals surface area contributed by atoms with E-state index in [0.717, 1.165) is 17.1 Å². The molecule has 0 atom stereocenters. The average molecular weight is 226 g/mol. The fraction of sp³-hybridized carbons (Fsp3) is 0.0769. The van der Waals surface area contributed by atoms with E-state index in [1.54, 1.807) is 18.7 Å². The van der Waals surface area contributed by atoms with Crippen LogP contribution >= 0.6 is 0 Å². The molecule has 2 N–H and O–H groups in total. The smallest absolute Gasteiger partial charge is 0.137 e. The predicted octanol–water partition coefficient (Wildman–Crippen LogP) is 2.79. The van der Waals surface area contributed by atoms with E-state index in [9.17, 15) is 0 Å². The van der Waals surface area contributed by atoms with Crippen molar-refractivity contribution < 1.29 is 0 Å². The number of H-pyrrole nitrogens is 2. The lowest BCUT2D eigenvalue weighted by molar-refractivity contribution is 1.26. The first-order valence-electron chi connectivity index (χ1n) is 5.36. The number of hydrogen-bond acceptors (Lipinski definition) is 2. The summed E-state index contributed by atoms with van der Waals surface area (Å²) in [6, 6.07) is 10.1. The van der Waals surface area contributed by atoms with E-state index < -0.39 is 0 Å². The first kappa shape index (κ1) is 11.1. The van der Waals surface area contributed by atoms with Gasteiger partial charge in [-0.05, 0) is 6.92 Å². The summed E-state index contributed by atoms with van der Waals surface area (Å²) in [6.45, 7) is 1.98. The third kappa shape index (κ3) is 3.31. The Kier molecular flexibility index (Phi) is 3.70. The number of rotatable bonds is 1. The highest BCUT2D eigenvalue weighted by Crippen LogP contribution is 2.13. The van der Waals surface area contributed by atoms with Gasteiger partial charge in [-0.25, -0.2) is 9.97 Å². The molecule has 0 saturated carbocycles. The molecule has 17 heavy (non-hydrogen) atoms. The Balaban J connectivity index is 0.000000181. The van der Waals surface area contributed by atoms with Crippen LogP contribution in [-0.2, 0) is 0 Å². The largest absolute Gasteiger partial charge is 0.351 e. The molecule has 3 aromatic rings. The number of aryl methyl sites for hydroxylation is 1. The lowest BCUT2D eigenvalue weighted by atomic mass is 10.2. The van der Waals surface area contributed by atoms with Crippen LogP contribution in [0.5, 0.6) is 0 Å². The average Bonchev–Trinajstić information content (AvgIpc) is 3.04. The summed E-state index contributed by atoms with van der Waals surface area (Å²) in [7, 11) is 0. The zero-order valence-corrected chi connectivity index (χ0v) is 9.59. The molecule has 0 radical (unpaired) electrons. The maximum atomic E-state index is 4.33. The zero-order valence-electron chi connectivity index (χ0n) is 9.59. The van der Waals surface area contributed by atoms with E-state index in [2.05, 4.69) is 19.9 Å². The van der Waals surface area contributed by atoms with Gasteiger partial charge in [-0.2, -0.15) is 0 Å². The van der Waals surface area contributed by atoms with Crippen LogP contribution in [0.2, 0.25) is 0 Å². The van der Waals surface area contributed by atoms with E-state index in [-0.39, 0.29) is 0 Å². The van der Waals surface area contributed by atoms with Crippen LogP contribution in [0.4, 0.5) is 0 Å². The Morgan fingerprint density at radius 1 is 1.12 bits per heavy atom. The summed E-state index contributed by atoms with van der Waals surface area (Å²) in [5.41, 5.74) is 2.15. The lowest BCUT2D eigenvalue weighted by Gasteiger charge is -1.93. The van der Waals surface area contributed by atoms with E-state index in [0.29, 0.717) is 0 Å². The molecule has 2 aromatic heterocycles. The molecule has 1 aromatic carbocycles. The molecule has 4 heteroatoms. The molecule has 0 spiro atoms. The highest BCUT2D eigenvalue weighted by Gasteiger charge is 1.98. The lowest BCUT2D eigenvalue weighted by Crippen LogP contribution is -1.78. The molecule has 4 nitrogen and oxygen atoms in total. The van der Waals surface area contributed by atoms with Crippen LogP contribution in [0.3, 0.4) is 0 Å². The van der Waals surface area contributed by atoms with Crippen molar-refractivity contribution in [2.75, 3.05) is 0 Å².